The average Bonchev–Trinajstić information content (AvgIpc) is 2.73. The van der Waals surface area contributed by atoms with Crippen molar-refractivity contribution in [1.82, 2.24) is 9.97 Å². The molecule has 4 heteroatoms. The van der Waals surface area contributed by atoms with Crippen LogP contribution in [0.2, 0.25) is 0 Å². The summed E-state index contributed by atoms with van der Waals surface area (Å²) in [7, 11) is 0. The quantitative estimate of drug-likeness (QED) is 0.455. The van der Waals surface area contributed by atoms with Gasteiger partial charge in [0.1, 0.15) is 22.5 Å². The summed E-state index contributed by atoms with van der Waals surface area (Å²) in [6.45, 7) is 1.28. The zero-order chi connectivity index (χ0) is 18.8. The SMILES string of the molecule is c1cnc2c(OCC3(COc4cccc5cccnc45)CCC3)cccc2c1. The highest BCUT2D eigenvalue weighted by Crippen LogP contribution is 2.42. The van der Waals surface area contributed by atoms with Crippen LogP contribution in [-0.2, 0) is 0 Å². The van der Waals surface area contributed by atoms with Gasteiger partial charge in [-0.3, -0.25) is 9.97 Å². The van der Waals surface area contributed by atoms with Crippen LogP contribution in [0.3, 0.4) is 0 Å². The maximum absolute atomic E-state index is 6.24. The Morgan fingerprint density at radius 1 is 0.679 bits per heavy atom. The summed E-state index contributed by atoms with van der Waals surface area (Å²) in [5, 5.41) is 2.20. The van der Waals surface area contributed by atoms with Crippen molar-refractivity contribution in [3.8, 4) is 11.5 Å². The Morgan fingerprint density at radius 3 is 1.64 bits per heavy atom. The average molecular weight is 370 g/mol. The van der Waals surface area contributed by atoms with Crippen molar-refractivity contribution < 1.29 is 9.47 Å². The molecule has 1 saturated carbocycles. The summed E-state index contributed by atoms with van der Waals surface area (Å²) < 4.78 is 12.5. The molecule has 0 spiro atoms. The van der Waals surface area contributed by atoms with Gasteiger partial charge in [-0.1, -0.05) is 42.8 Å². The number of aromatic nitrogens is 2. The van der Waals surface area contributed by atoms with Gasteiger partial charge in [0.2, 0.25) is 0 Å². The van der Waals surface area contributed by atoms with Crippen molar-refractivity contribution in [3.63, 3.8) is 0 Å². The Morgan fingerprint density at radius 2 is 1.18 bits per heavy atom. The molecule has 1 fully saturated rings. The molecular weight excluding hydrogens is 348 g/mol. The van der Waals surface area contributed by atoms with Gasteiger partial charge in [0.15, 0.2) is 0 Å². The summed E-state index contributed by atoms with van der Waals surface area (Å²) in [6, 6.07) is 20.2. The van der Waals surface area contributed by atoms with Crippen LogP contribution in [-0.4, -0.2) is 23.2 Å². The summed E-state index contributed by atoms with van der Waals surface area (Å²) in [4.78, 5) is 8.98. The molecule has 2 aromatic heterocycles. The van der Waals surface area contributed by atoms with E-state index in [-0.39, 0.29) is 5.41 Å². The lowest BCUT2D eigenvalue weighted by atomic mass is 9.70. The largest absolute Gasteiger partial charge is 0.491 e. The first-order valence-corrected chi connectivity index (χ1v) is 9.76. The molecule has 4 aromatic rings. The highest BCUT2D eigenvalue weighted by molar-refractivity contribution is 5.84. The van der Waals surface area contributed by atoms with Crippen molar-refractivity contribution in [3.05, 3.63) is 73.1 Å². The second-order valence-corrected chi connectivity index (χ2v) is 7.59. The highest BCUT2D eigenvalue weighted by atomic mass is 16.5. The number of hydrogen-bond donors (Lipinski definition) is 0. The van der Waals surface area contributed by atoms with Crippen molar-refractivity contribution in [1.29, 1.82) is 0 Å². The fourth-order valence-electron chi connectivity index (χ4n) is 3.85. The molecule has 28 heavy (non-hydrogen) atoms. The topological polar surface area (TPSA) is 44.2 Å². The first-order valence-electron chi connectivity index (χ1n) is 9.76. The van der Waals surface area contributed by atoms with E-state index in [0.717, 1.165) is 46.1 Å². The predicted molar refractivity (Wildman–Crippen MR) is 111 cm³/mol. The van der Waals surface area contributed by atoms with Gasteiger partial charge >= 0.3 is 0 Å². The van der Waals surface area contributed by atoms with E-state index in [1.165, 1.54) is 6.42 Å². The van der Waals surface area contributed by atoms with Crippen molar-refractivity contribution in [2.75, 3.05) is 13.2 Å². The Labute approximate surface area is 164 Å². The van der Waals surface area contributed by atoms with Gasteiger partial charge in [-0.2, -0.15) is 0 Å². The maximum Gasteiger partial charge on any atom is 0.145 e. The number of rotatable bonds is 6. The fraction of sp³-hybridized carbons (Fsp3) is 0.250. The van der Waals surface area contributed by atoms with Crippen LogP contribution in [0, 0.1) is 5.41 Å². The van der Waals surface area contributed by atoms with E-state index < -0.39 is 0 Å². The Hall–Kier alpha value is -3.14. The molecule has 0 unspecified atom stereocenters. The summed E-state index contributed by atoms with van der Waals surface area (Å²) in [5.41, 5.74) is 1.88. The molecule has 4 nitrogen and oxygen atoms in total. The van der Waals surface area contributed by atoms with Crippen molar-refractivity contribution >= 4 is 21.8 Å². The van der Waals surface area contributed by atoms with Gasteiger partial charge in [0.05, 0.1) is 13.2 Å². The second-order valence-electron chi connectivity index (χ2n) is 7.59. The Kier molecular flexibility index (Phi) is 4.32. The van der Waals surface area contributed by atoms with Crippen LogP contribution in [0.25, 0.3) is 21.8 Å². The highest BCUT2D eigenvalue weighted by Gasteiger charge is 2.39. The van der Waals surface area contributed by atoms with Crippen molar-refractivity contribution in [2.24, 2.45) is 5.41 Å². The van der Waals surface area contributed by atoms with Gasteiger partial charge in [-0.15, -0.1) is 0 Å². The molecule has 0 amide bonds. The number of fused-ring (bicyclic) bond motifs is 2. The lowest BCUT2D eigenvalue weighted by Gasteiger charge is -2.41. The van der Waals surface area contributed by atoms with Gasteiger partial charge in [0, 0.05) is 28.6 Å². The minimum atomic E-state index is 0.0495. The Bertz CT molecular complexity index is 1030. The Balaban J connectivity index is 1.32. The van der Waals surface area contributed by atoms with Crippen LogP contribution in [0.4, 0.5) is 0 Å². The van der Waals surface area contributed by atoms with Crippen molar-refractivity contribution in [2.45, 2.75) is 19.3 Å². The molecule has 0 radical (unpaired) electrons. The van der Waals surface area contributed by atoms with Crippen LogP contribution < -0.4 is 9.47 Å². The minimum Gasteiger partial charge on any atom is -0.491 e. The smallest absolute Gasteiger partial charge is 0.145 e. The first kappa shape index (κ1) is 17.0. The molecule has 5 rings (SSSR count). The van der Waals surface area contributed by atoms with E-state index in [2.05, 4.69) is 34.2 Å². The van der Waals surface area contributed by atoms with E-state index in [1.807, 2.05) is 48.8 Å². The molecule has 1 aliphatic rings. The molecule has 0 saturated heterocycles. The molecule has 0 aliphatic heterocycles. The van der Waals surface area contributed by atoms with Crippen LogP contribution in [0.5, 0.6) is 11.5 Å². The van der Waals surface area contributed by atoms with Gasteiger partial charge in [0.25, 0.3) is 0 Å². The molecule has 2 aromatic carbocycles. The number of benzene rings is 2. The zero-order valence-electron chi connectivity index (χ0n) is 15.7. The molecule has 0 atom stereocenters. The molecule has 1 aliphatic carbocycles. The number of ether oxygens (including phenoxy) is 2. The summed E-state index contributed by atoms with van der Waals surface area (Å²) in [6.07, 6.45) is 7.07. The van der Waals surface area contributed by atoms with Crippen LogP contribution >= 0.6 is 0 Å². The first-order chi connectivity index (χ1) is 13.8. The third-order valence-electron chi connectivity index (χ3n) is 5.67. The number of hydrogen-bond acceptors (Lipinski definition) is 4. The number of pyridine rings is 2. The third-order valence-corrected chi connectivity index (χ3v) is 5.67. The van der Waals surface area contributed by atoms with Crippen LogP contribution in [0.15, 0.2) is 73.1 Å². The van der Waals surface area contributed by atoms with Gasteiger partial charge in [-0.25, -0.2) is 0 Å². The van der Waals surface area contributed by atoms with Crippen LogP contribution in [0.1, 0.15) is 19.3 Å². The molecule has 2 heterocycles. The number of nitrogens with zero attached hydrogens (tertiary/aromatic N) is 2. The predicted octanol–water partition coefficient (Wildman–Crippen LogP) is 5.41. The molecule has 0 N–H and O–H groups in total. The molecule has 0 bridgehead atoms. The standard InChI is InChI=1S/C24H22N2O2/c1-6-18-8-3-14-25-22(18)20(10-1)27-16-24(12-5-13-24)17-28-21-11-2-7-19-9-4-15-26-23(19)21/h1-4,6-11,14-15H,5,12-13,16-17H2. The van der Waals surface area contributed by atoms with Gasteiger partial charge < -0.3 is 9.47 Å². The van der Waals surface area contributed by atoms with E-state index in [9.17, 15) is 0 Å². The van der Waals surface area contributed by atoms with E-state index in [4.69, 9.17) is 9.47 Å². The molecular formula is C24H22N2O2. The molecule has 140 valence electrons. The normalized spacial score (nSPS) is 15.3. The zero-order valence-corrected chi connectivity index (χ0v) is 15.7. The minimum absolute atomic E-state index is 0.0495. The third kappa shape index (κ3) is 3.15. The maximum atomic E-state index is 6.24. The lowest BCUT2D eigenvalue weighted by Crippen LogP contribution is -2.41. The monoisotopic (exact) mass is 370 g/mol. The van der Waals surface area contributed by atoms with E-state index >= 15 is 0 Å². The summed E-state index contributed by atoms with van der Waals surface area (Å²) in [5.74, 6) is 1.69. The second kappa shape index (κ2) is 7.12. The van der Waals surface area contributed by atoms with E-state index in [0.29, 0.717) is 13.2 Å². The summed E-state index contributed by atoms with van der Waals surface area (Å²) >= 11 is 0. The van der Waals surface area contributed by atoms with E-state index in [1.54, 1.807) is 0 Å². The number of para-hydroxylation sites is 2. The lowest BCUT2D eigenvalue weighted by molar-refractivity contribution is 0.0106. The van der Waals surface area contributed by atoms with Gasteiger partial charge in [-0.05, 0) is 37.1 Å². The fourth-order valence-corrected chi connectivity index (χ4v) is 3.85.